The molecule has 2 aromatic carbocycles. The maximum absolute atomic E-state index is 13.1. The van der Waals surface area contributed by atoms with Gasteiger partial charge in [0.1, 0.15) is 5.75 Å². The second-order valence-electron chi connectivity index (χ2n) is 7.22. The van der Waals surface area contributed by atoms with E-state index in [1.807, 2.05) is 19.1 Å². The highest BCUT2D eigenvalue weighted by molar-refractivity contribution is 7.22. The molecule has 1 N–H and O–H groups in total. The largest absolute Gasteiger partial charge is 0.573 e. The van der Waals surface area contributed by atoms with E-state index >= 15 is 0 Å². The Bertz CT molecular complexity index is 1060. The van der Waals surface area contributed by atoms with Crippen molar-refractivity contribution in [2.45, 2.75) is 32.2 Å². The Kier molecular flexibility index (Phi) is 6.01. The predicted molar refractivity (Wildman–Crippen MR) is 113 cm³/mol. The first-order valence-corrected chi connectivity index (χ1v) is 10.5. The molecule has 1 fully saturated rings. The number of nitrogens with one attached hydrogen (secondary N) is 1. The highest BCUT2D eigenvalue weighted by atomic mass is 32.1. The maximum atomic E-state index is 13.1. The lowest BCUT2D eigenvalue weighted by Crippen LogP contribution is -2.40. The van der Waals surface area contributed by atoms with Gasteiger partial charge in [-0.05, 0) is 44.0 Å². The smallest absolute Gasteiger partial charge is 0.406 e. The third-order valence-electron chi connectivity index (χ3n) is 4.77. The van der Waals surface area contributed by atoms with E-state index in [1.165, 1.54) is 23.1 Å². The van der Waals surface area contributed by atoms with Crippen LogP contribution in [-0.4, -0.2) is 36.6 Å². The number of hydrogen-bond acceptors (Lipinski definition) is 5. The lowest BCUT2D eigenvalue weighted by atomic mass is 10.2. The summed E-state index contributed by atoms with van der Waals surface area (Å²) in [5.41, 5.74) is 2.18. The van der Waals surface area contributed by atoms with Crippen LogP contribution in [0.1, 0.15) is 18.4 Å². The van der Waals surface area contributed by atoms with Crippen LogP contribution in [0.25, 0.3) is 10.2 Å². The minimum atomic E-state index is -4.78. The number of aromatic nitrogens is 1. The Morgan fingerprint density at radius 2 is 2.06 bits per heavy atom. The van der Waals surface area contributed by atoms with Gasteiger partial charge in [0.15, 0.2) is 5.13 Å². The van der Waals surface area contributed by atoms with Crippen LogP contribution >= 0.6 is 11.3 Å². The monoisotopic (exact) mass is 451 g/mol. The lowest BCUT2D eigenvalue weighted by molar-refractivity contribution is -0.274. The summed E-state index contributed by atoms with van der Waals surface area (Å²) in [6, 6.07) is 10.9. The molecule has 6 nitrogen and oxygen atoms in total. The molecule has 1 aliphatic heterocycles. The normalized spacial score (nSPS) is 16.5. The molecule has 2 heterocycles. The molecule has 0 saturated carbocycles. The maximum Gasteiger partial charge on any atom is 0.573 e. The third-order valence-corrected chi connectivity index (χ3v) is 5.81. The summed E-state index contributed by atoms with van der Waals surface area (Å²) in [5.74, 6) is -0.329. The molecule has 10 heteroatoms. The van der Waals surface area contributed by atoms with Crippen molar-refractivity contribution >= 4 is 38.4 Å². The van der Waals surface area contributed by atoms with Gasteiger partial charge in [0.25, 0.3) is 0 Å². The molecular formula is C21H20F3N3O3S. The minimum Gasteiger partial charge on any atom is -0.406 e. The van der Waals surface area contributed by atoms with Crippen LogP contribution in [0.5, 0.6) is 5.75 Å². The number of amides is 2. The van der Waals surface area contributed by atoms with Crippen molar-refractivity contribution < 1.29 is 27.4 Å². The molecular weight excluding hydrogens is 431 g/mol. The number of benzene rings is 2. The minimum absolute atomic E-state index is 0.125. The zero-order valence-electron chi connectivity index (χ0n) is 16.6. The second kappa shape index (κ2) is 8.72. The fraction of sp³-hybridized carbons (Fsp3) is 0.333. The van der Waals surface area contributed by atoms with E-state index in [2.05, 4.69) is 15.0 Å². The van der Waals surface area contributed by atoms with Crippen molar-refractivity contribution in [1.82, 2.24) is 4.98 Å². The Hall–Kier alpha value is -2.85. The summed E-state index contributed by atoms with van der Waals surface area (Å²) in [5, 5.41) is 3.23. The molecule has 31 heavy (non-hydrogen) atoms. The van der Waals surface area contributed by atoms with E-state index in [0.29, 0.717) is 34.2 Å². The Morgan fingerprint density at radius 3 is 2.74 bits per heavy atom. The van der Waals surface area contributed by atoms with Gasteiger partial charge in [-0.1, -0.05) is 29.0 Å². The Balaban J connectivity index is 1.61. The SMILES string of the molecule is Cc1ccc(NC(=O)N(CC2CCCO2)c2nc3ccc(OC(F)(F)F)cc3s2)cc1. The fourth-order valence-electron chi connectivity index (χ4n) is 3.27. The van der Waals surface area contributed by atoms with Gasteiger partial charge in [-0.2, -0.15) is 0 Å². The van der Waals surface area contributed by atoms with Crippen LogP contribution in [0.15, 0.2) is 42.5 Å². The number of carbonyl (C=O) groups is 1. The van der Waals surface area contributed by atoms with E-state index < -0.39 is 6.36 Å². The van der Waals surface area contributed by atoms with Crippen LogP contribution in [0.3, 0.4) is 0 Å². The van der Waals surface area contributed by atoms with Crippen molar-refractivity contribution in [2.75, 3.05) is 23.4 Å². The summed E-state index contributed by atoms with van der Waals surface area (Å²) in [6.45, 7) is 2.88. The molecule has 0 spiro atoms. The average Bonchev–Trinajstić information content (AvgIpc) is 3.35. The van der Waals surface area contributed by atoms with Crippen molar-refractivity contribution in [3.63, 3.8) is 0 Å². The lowest BCUT2D eigenvalue weighted by Gasteiger charge is -2.23. The molecule has 1 unspecified atom stereocenters. The summed E-state index contributed by atoms with van der Waals surface area (Å²) in [4.78, 5) is 19.0. The highest BCUT2D eigenvalue weighted by Gasteiger charge is 2.31. The second-order valence-corrected chi connectivity index (χ2v) is 8.22. The van der Waals surface area contributed by atoms with Gasteiger partial charge in [0, 0.05) is 18.4 Å². The standard InChI is InChI=1S/C21H20F3N3O3S/c1-13-4-6-14(7-5-13)25-19(28)27(12-16-3-2-10-29-16)20-26-17-9-8-15(11-18(17)31-20)30-21(22,23)24/h4-9,11,16H,2-3,10,12H2,1H3,(H,25,28). The zero-order chi connectivity index (χ0) is 22.0. The van der Waals surface area contributed by atoms with E-state index in [9.17, 15) is 18.0 Å². The first kappa shape index (κ1) is 21.4. The first-order valence-electron chi connectivity index (χ1n) is 9.70. The molecule has 3 aromatic rings. The number of alkyl halides is 3. The van der Waals surface area contributed by atoms with Gasteiger partial charge in [-0.15, -0.1) is 13.2 Å². The fourth-order valence-corrected chi connectivity index (χ4v) is 4.27. The van der Waals surface area contributed by atoms with Gasteiger partial charge in [0.2, 0.25) is 0 Å². The molecule has 0 radical (unpaired) electrons. The quantitative estimate of drug-likeness (QED) is 0.539. The van der Waals surface area contributed by atoms with E-state index in [-0.39, 0.29) is 17.9 Å². The number of ether oxygens (including phenoxy) is 2. The van der Waals surface area contributed by atoms with Crippen LogP contribution in [0.4, 0.5) is 28.8 Å². The number of anilines is 2. The molecule has 1 atom stereocenters. The van der Waals surface area contributed by atoms with Gasteiger partial charge in [-0.3, -0.25) is 4.90 Å². The molecule has 1 saturated heterocycles. The van der Waals surface area contributed by atoms with Crippen molar-refractivity contribution in [1.29, 1.82) is 0 Å². The number of nitrogens with zero attached hydrogens (tertiary/aromatic N) is 2. The molecule has 164 valence electrons. The molecule has 2 amide bonds. The molecule has 1 aromatic heterocycles. The van der Waals surface area contributed by atoms with Gasteiger partial charge in [-0.25, -0.2) is 9.78 Å². The van der Waals surface area contributed by atoms with Crippen molar-refractivity contribution in [2.24, 2.45) is 0 Å². The Labute approximate surface area is 180 Å². The molecule has 0 aliphatic carbocycles. The van der Waals surface area contributed by atoms with E-state index in [0.717, 1.165) is 29.7 Å². The van der Waals surface area contributed by atoms with Crippen LogP contribution in [0.2, 0.25) is 0 Å². The Morgan fingerprint density at radius 1 is 1.29 bits per heavy atom. The summed E-state index contributed by atoms with van der Waals surface area (Å²) in [6.07, 6.45) is -3.17. The summed E-state index contributed by atoms with van der Waals surface area (Å²) >= 11 is 1.12. The molecule has 4 rings (SSSR count). The van der Waals surface area contributed by atoms with Crippen molar-refractivity contribution in [3.8, 4) is 5.75 Å². The third kappa shape index (κ3) is 5.45. The number of rotatable bonds is 5. The van der Waals surface area contributed by atoms with Crippen LogP contribution < -0.4 is 15.0 Å². The van der Waals surface area contributed by atoms with Gasteiger partial charge < -0.3 is 14.8 Å². The summed E-state index contributed by atoms with van der Waals surface area (Å²) in [7, 11) is 0. The summed E-state index contributed by atoms with van der Waals surface area (Å²) < 4.78 is 47.7. The van der Waals surface area contributed by atoms with Crippen LogP contribution in [-0.2, 0) is 4.74 Å². The van der Waals surface area contributed by atoms with Crippen molar-refractivity contribution in [3.05, 3.63) is 48.0 Å². The topological polar surface area (TPSA) is 63.7 Å². The number of hydrogen-bond donors (Lipinski definition) is 1. The number of aryl methyl sites for hydroxylation is 1. The number of thiazole rings is 1. The molecule has 1 aliphatic rings. The number of fused-ring (bicyclic) bond motifs is 1. The number of carbonyl (C=O) groups excluding carboxylic acids is 1. The predicted octanol–water partition coefficient (Wildman–Crippen LogP) is 5.72. The van der Waals surface area contributed by atoms with Gasteiger partial charge in [0.05, 0.1) is 22.9 Å². The zero-order valence-corrected chi connectivity index (χ0v) is 17.4. The van der Waals surface area contributed by atoms with Crippen LogP contribution in [0, 0.1) is 6.92 Å². The molecule has 0 bridgehead atoms. The van der Waals surface area contributed by atoms with Gasteiger partial charge >= 0.3 is 12.4 Å². The van der Waals surface area contributed by atoms with E-state index in [1.54, 1.807) is 12.1 Å². The highest BCUT2D eigenvalue weighted by Crippen LogP contribution is 2.34. The number of urea groups is 1. The number of halogens is 3. The average molecular weight is 451 g/mol. The first-order chi connectivity index (χ1) is 14.8. The van der Waals surface area contributed by atoms with E-state index in [4.69, 9.17) is 4.74 Å².